The van der Waals surface area contributed by atoms with Crippen molar-refractivity contribution in [3.8, 4) is 0 Å². The van der Waals surface area contributed by atoms with E-state index in [4.69, 9.17) is 0 Å². The first-order valence-electron chi connectivity index (χ1n) is 6.79. The Morgan fingerprint density at radius 3 is 2.25 bits per heavy atom. The van der Waals surface area contributed by atoms with Crippen LogP contribution >= 0.6 is 0 Å². The van der Waals surface area contributed by atoms with Gasteiger partial charge in [0.05, 0.1) is 4.90 Å². The molecule has 5 heteroatoms. The largest absolute Gasteiger partial charge is 0.319 e. The number of hydrogen-bond acceptors (Lipinski definition) is 3. The minimum atomic E-state index is -3.64. The highest BCUT2D eigenvalue weighted by Crippen LogP contribution is 2.29. The van der Waals surface area contributed by atoms with Gasteiger partial charge < -0.3 is 5.32 Å². The van der Waals surface area contributed by atoms with Gasteiger partial charge in [-0.2, -0.15) is 0 Å². The van der Waals surface area contributed by atoms with Crippen molar-refractivity contribution in [2.75, 3.05) is 0 Å². The highest BCUT2D eigenvalue weighted by molar-refractivity contribution is 7.95. The van der Waals surface area contributed by atoms with E-state index in [-0.39, 0.29) is 9.92 Å². The quantitative estimate of drug-likeness (QED) is 0.868. The summed E-state index contributed by atoms with van der Waals surface area (Å²) in [6, 6.07) is 6.69. The number of aryl methyl sites for hydroxylation is 1. The number of hydrogen-bond donors (Lipinski definition) is 1. The molecule has 1 fully saturated rings. The Morgan fingerprint density at radius 2 is 1.70 bits per heavy atom. The number of rotatable bonds is 4. The van der Waals surface area contributed by atoms with Gasteiger partial charge in [-0.25, -0.2) is 8.42 Å². The maximum atomic E-state index is 12.7. The van der Waals surface area contributed by atoms with Crippen molar-refractivity contribution in [1.29, 1.82) is 0 Å². The van der Waals surface area contributed by atoms with Gasteiger partial charge in [-0.05, 0) is 50.3 Å². The topological polar surface area (TPSA) is 63.2 Å². The lowest BCUT2D eigenvalue weighted by Crippen LogP contribution is -2.22. The van der Waals surface area contributed by atoms with Crippen LogP contribution in [0.1, 0.15) is 37.7 Å². The van der Waals surface area contributed by atoms with Crippen LogP contribution in [0.5, 0.6) is 0 Å². The van der Waals surface area contributed by atoms with Crippen LogP contribution in [0.25, 0.3) is 0 Å². The van der Waals surface area contributed by atoms with Crippen LogP contribution in [0.15, 0.2) is 39.8 Å². The van der Waals surface area contributed by atoms with Gasteiger partial charge in [-0.3, -0.25) is 4.79 Å². The fourth-order valence-electron chi connectivity index (χ4n) is 2.46. The number of nitrogens with one attached hydrogen (secondary N) is 1. The summed E-state index contributed by atoms with van der Waals surface area (Å²) in [5, 5.41) is 2.50. The average molecular weight is 293 g/mol. The van der Waals surface area contributed by atoms with E-state index in [9.17, 15) is 13.2 Å². The second-order valence-electron chi connectivity index (χ2n) is 5.07. The lowest BCUT2D eigenvalue weighted by Gasteiger charge is -2.18. The smallest absolute Gasteiger partial charge is 0.221 e. The molecule has 0 atom stereocenters. The van der Waals surface area contributed by atoms with Crippen molar-refractivity contribution in [1.82, 2.24) is 5.32 Å². The third kappa shape index (κ3) is 3.10. The molecule has 0 spiro atoms. The maximum absolute atomic E-state index is 12.7. The Bertz CT molecular complexity index is 607. The molecular formula is C15H19NO3S. The van der Waals surface area contributed by atoms with Crippen molar-refractivity contribution in [3.05, 3.63) is 40.4 Å². The van der Waals surface area contributed by atoms with Gasteiger partial charge in [-0.15, -0.1) is 0 Å². The molecular weight excluding hydrogens is 274 g/mol. The fraction of sp³-hybridized carbons (Fsp3) is 0.400. The zero-order chi connectivity index (χ0) is 14.6. The van der Waals surface area contributed by atoms with Crippen LogP contribution in [0.3, 0.4) is 0 Å². The van der Waals surface area contributed by atoms with E-state index < -0.39 is 9.84 Å². The zero-order valence-electron chi connectivity index (χ0n) is 11.6. The Morgan fingerprint density at radius 1 is 1.10 bits per heavy atom. The highest BCUT2D eigenvalue weighted by Gasteiger charge is 2.25. The Hall–Kier alpha value is -1.62. The number of carbonyl (C=O) groups is 1. The summed E-state index contributed by atoms with van der Waals surface area (Å²) < 4.78 is 25.3. The summed E-state index contributed by atoms with van der Waals surface area (Å²) in [5.74, 6) is 0. The monoisotopic (exact) mass is 293 g/mol. The summed E-state index contributed by atoms with van der Waals surface area (Å²) in [7, 11) is -3.64. The molecule has 20 heavy (non-hydrogen) atoms. The maximum Gasteiger partial charge on any atom is 0.221 e. The van der Waals surface area contributed by atoms with Gasteiger partial charge in [0.1, 0.15) is 5.03 Å². The second kappa shape index (κ2) is 6.22. The normalized spacial score (nSPS) is 15.8. The van der Waals surface area contributed by atoms with Crippen molar-refractivity contribution in [2.45, 2.75) is 43.9 Å². The first kappa shape index (κ1) is 14.8. The Labute approximate surface area is 119 Å². The summed E-state index contributed by atoms with van der Waals surface area (Å²) in [5.41, 5.74) is 1.84. The van der Waals surface area contributed by atoms with E-state index in [0.717, 1.165) is 43.2 Å². The third-order valence-corrected chi connectivity index (χ3v) is 5.41. The molecule has 0 radical (unpaired) electrons. The molecule has 0 aliphatic heterocycles. The molecule has 1 saturated carbocycles. The summed E-state index contributed by atoms with van der Waals surface area (Å²) in [4.78, 5) is 11.0. The predicted octanol–water partition coefficient (Wildman–Crippen LogP) is 2.69. The molecule has 108 valence electrons. The van der Waals surface area contributed by atoms with E-state index in [1.54, 1.807) is 24.3 Å². The van der Waals surface area contributed by atoms with Gasteiger partial charge in [0.15, 0.2) is 0 Å². The van der Waals surface area contributed by atoms with Crippen molar-refractivity contribution >= 4 is 16.2 Å². The molecule has 1 aromatic carbocycles. The van der Waals surface area contributed by atoms with Crippen LogP contribution in [0.2, 0.25) is 0 Å². The van der Waals surface area contributed by atoms with Crippen LogP contribution < -0.4 is 5.32 Å². The molecule has 0 unspecified atom stereocenters. The van der Waals surface area contributed by atoms with Crippen LogP contribution in [-0.4, -0.2) is 14.8 Å². The van der Waals surface area contributed by atoms with Gasteiger partial charge in [-0.1, -0.05) is 24.1 Å². The van der Waals surface area contributed by atoms with Crippen molar-refractivity contribution < 1.29 is 13.2 Å². The SMILES string of the molecule is Cc1ccc(S(=O)(=O)C(NC=O)=C2CCCCC2)cc1. The predicted molar refractivity (Wildman–Crippen MR) is 77.7 cm³/mol. The molecule has 0 saturated heterocycles. The van der Waals surface area contributed by atoms with E-state index in [1.807, 2.05) is 6.92 Å². The lowest BCUT2D eigenvalue weighted by molar-refractivity contribution is -0.108. The average Bonchev–Trinajstić information content (AvgIpc) is 2.46. The molecule has 1 amide bonds. The number of carbonyl (C=O) groups excluding carboxylic acids is 1. The highest BCUT2D eigenvalue weighted by atomic mass is 32.2. The molecule has 1 aromatic rings. The van der Waals surface area contributed by atoms with E-state index in [0.29, 0.717) is 6.41 Å². The summed E-state index contributed by atoms with van der Waals surface area (Å²) in [6.07, 6.45) is 4.99. The molecule has 1 N–H and O–H groups in total. The Kier molecular flexibility index (Phi) is 4.60. The molecule has 1 aliphatic rings. The van der Waals surface area contributed by atoms with Crippen LogP contribution in [-0.2, 0) is 14.6 Å². The molecule has 0 bridgehead atoms. The van der Waals surface area contributed by atoms with Gasteiger partial charge >= 0.3 is 0 Å². The zero-order valence-corrected chi connectivity index (χ0v) is 12.4. The molecule has 0 heterocycles. The van der Waals surface area contributed by atoms with Crippen LogP contribution in [0.4, 0.5) is 0 Å². The van der Waals surface area contributed by atoms with E-state index in [1.165, 1.54) is 0 Å². The van der Waals surface area contributed by atoms with Gasteiger partial charge in [0.2, 0.25) is 16.2 Å². The third-order valence-electron chi connectivity index (χ3n) is 3.57. The van der Waals surface area contributed by atoms with Crippen LogP contribution in [0, 0.1) is 6.92 Å². The minimum absolute atomic E-state index is 0.0797. The van der Waals surface area contributed by atoms with E-state index >= 15 is 0 Å². The van der Waals surface area contributed by atoms with E-state index in [2.05, 4.69) is 5.32 Å². The second-order valence-corrected chi connectivity index (χ2v) is 6.96. The van der Waals surface area contributed by atoms with Crippen molar-refractivity contribution in [2.24, 2.45) is 0 Å². The first-order valence-corrected chi connectivity index (χ1v) is 8.28. The van der Waals surface area contributed by atoms with Crippen molar-refractivity contribution in [3.63, 3.8) is 0 Å². The van der Waals surface area contributed by atoms with Gasteiger partial charge in [0.25, 0.3) is 0 Å². The number of benzene rings is 1. The number of amides is 1. The number of sulfone groups is 1. The molecule has 0 aromatic heterocycles. The first-order chi connectivity index (χ1) is 9.55. The summed E-state index contributed by atoms with van der Waals surface area (Å²) >= 11 is 0. The lowest BCUT2D eigenvalue weighted by atomic mass is 9.96. The molecule has 4 nitrogen and oxygen atoms in total. The molecule has 2 rings (SSSR count). The summed E-state index contributed by atoms with van der Waals surface area (Å²) in [6.45, 7) is 1.90. The van der Waals surface area contributed by atoms with Gasteiger partial charge in [0, 0.05) is 0 Å². The standard InChI is InChI=1S/C15H19NO3S/c1-12-7-9-14(10-8-12)20(18,19)15(16-11-17)13-5-3-2-4-6-13/h7-11H,2-6H2,1H3,(H,16,17). The minimum Gasteiger partial charge on any atom is -0.319 e. The fourth-order valence-corrected chi connectivity index (χ4v) is 3.98. The Balaban J connectivity index is 2.46. The number of allylic oxidation sites excluding steroid dienone is 1. The molecule has 1 aliphatic carbocycles.